The summed E-state index contributed by atoms with van der Waals surface area (Å²) in [7, 11) is 0. The van der Waals surface area contributed by atoms with Crippen LogP contribution < -0.4 is 4.74 Å². The number of hydrogen-bond donors (Lipinski definition) is 0. The lowest BCUT2D eigenvalue weighted by molar-refractivity contribution is 0.0693. The first-order valence-corrected chi connectivity index (χ1v) is 9.15. The molecule has 2 aromatic heterocycles. The largest absolute Gasteiger partial charge is 0.484 e. The number of pyridine rings is 1. The van der Waals surface area contributed by atoms with E-state index in [9.17, 15) is 4.79 Å². The van der Waals surface area contributed by atoms with Gasteiger partial charge in [0.15, 0.2) is 5.76 Å². The Hall–Kier alpha value is -3.59. The van der Waals surface area contributed by atoms with Crippen molar-refractivity contribution in [2.45, 2.75) is 32.0 Å². The first-order chi connectivity index (χ1) is 13.7. The Kier molecular flexibility index (Phi) is 5.07. The highest BCUT2D eigenvalue weighted by molar-refractivity contribution is 5.92. The Morgan fingerprint density at radius 1 is 1.18 bits per heavy atom. The fourth-order valence-corrected chi connectivity index (χ4v) is 2.98. The number of para-hydroxylation sites is 1. The maximum absolute atomic E-state index is 13.0. The van der Waals surface area contributed by atoms with Gasteiger partial charge in [0.05, 0.1) is 5.56 Å². The number of benzene rings is 1. The van der Waals surface area contributed by atoms with Gasteiger partial charge in [-0.2, -0.15) is 5.26 Å². The lowest BCUT2D eigenvalue weighted by Gasteiger charge is -2.21. The molecule has 0 N–H and O–H groups in total. The third-order valence-corrected chi connectivity index (χ3v) is 4.60. The van der Waals surface area contributed by atoms with Crippen LogP contribution in [0.25, 0.3) is 0 Å². The number of amides is 1. The van der Waals surface area contributed by atoms with Crippen molar-refractivity contribution in [2.24, 2.45) is 0 Å². The number of carbonyl (C=O) groups is 1. The Morgan fingerprint density at radius 3 is 2.71 bits per heavy atom. The molecule has 3 aromatic rings. The Labute approximate surface area is 163 Å². The molecule has 1 fully saturated rings. The van der Waals surface area contributed by atoms with Crippen LogP contribution in [0.1, 0.15) is 40.3 Å². The third-order valence-electron chi connectivity index (χ3n) is 4.60. The number of nitrogens with zero attached hydrogens (tertiary/aromatic N) is 3. The van der Waals surface area contributed by atoms with E-state index in [1.165, 1.54) is 0 Å². The fraction of sp³-hybridized carbons (Fsp3) is 0.227. The van der Waals surface area contributed by atoms with Gasteiger partial charge in [0.2, 0.25) is 0 Å². The zero-order valence-corrected chi connectivity index (χ0v) is 15.2. The van der Waals surface area contributed by atoms with Crippen LogP contribution in [0.5, 0.6) is 5.75 Å². The number of carbonyl (C=O) groups excluding carboxylic acids is 1. The van der Waals surface area contributed by atoms with Gasteiger partial charge in [-0.05, 0) is 54.8 Å². The molecule has 1 amide bonds. The highest BCUT2D eigenvalue weighted by Gasteiger charge is 2.34. The minimum atomic E-state index is -0.122. The normalized spacial score (nSPS) is 13.0. The molecule has 0 unspecified atom stereocenters. The molecule has 1 aromatic carbocycles. The van der Waals surface area contributed by atoms with Gasteiger partial charge in [-0.1, -0.05) is 12.1 Å². The second-order valence-corrected chi connectivity index (χ2v) is 6.68. The standard InChI is InChI=1S/C22H19N3O3/c23-13-17-3-1-2-4-20(17)27-15-19-7-8-21(28-19)22(26)25(18-5-6-18)14-16-9-11-24-12-10-16/h1-4,7-12,18H,5-6,14-15H2. The van der Waals surface area contributed by atoms with E-state index >= 15 is 0 Å². The maximum atomic E-state index is 13.0. The van der Waals surface area contributed by atoms with E-state index in [4.69, 9.17) is 14.4 Å². The molecule has 0 aliphatic heterocycles. The molecule has 28 heavy (non-hydrogen) atoms. The summed E-state index contributed by atoms with van der Waals surface area (Å²) in [5, 5.41) is 9.13. The van der Waals surface area contributed by atoms with Crippen molar-refractivity contribution in [3.63, 3.8) is 0 Å². The van der Waals surface area contributed by atoms with Crippen LogP contribution in [0.3, 0.4) is 0 Å². The zero-order valence-electron chi connectivity index (χ0n) is 15.2. The molecule has 140 valence electrons. The van der Waals surface area contributed by atoms with Crippen molar-refractivity contribution in [1.29, 1.82) is 5.26 Å². The monoisotopic (exact) mass is 373 g/mol. The summed E-state index contributed by atoms with van der Waals surface area (Å²) in [4.78, 5) is 18.8. The van der Waals surface area contributed by atoms with Crippen LogP contribution in [-0.4, -0.2) is 21.8 Å². The number of hydrogen-bond acceptors (Lipinski definition) is 5. The van der Waals surface area contributed by atoms with Crippen molar-refractivity contribution < 1.29 is 13.9 Å². The summed E-state index contributed by atoms with van der Waals surface area (Å²) >= 11 is 0. The van der Waals surface area contributed by atoms with Gasteiger partial charge >= 0.3 is 0 Å². The van der Waals surface area contributed by atoms with Crippen LogP contribution in [0, 0.1) is 11.3 Å². The molecule has 0 saturated heterocycles. The molecule has 1 aliphatic rings. The molecular formula is C22H19N3O3. The van der Waals surface area contributed by atoms with E-state index in [1.54, 1.807) is 48.8 Å². The summed E-state index contributed by atoms with van der Waals surface area (Å²) in [5.41, 5.74) is 1.50. The number of furan rings is 1. The second kappa shape index (κ2) is 7.97. The Balaban J connectivity index is 1.44. The lowest BCUT2D eigenvalue weighted by Crippen LogP contribution is -2.32. The molecule has 0 atom stereocenters. The molecule has 6 heteroatoms. The Morgan fingerprint density at radius 2 is 1.96 bits per heavy atom. The van der Waals surface area contributed by atoms with E-state index in [2.05, 4.69) is 11.1 Å². The predicted molar refractivity (Wildman–Crippen MR) is 101 cm³/mol. The van der Waals surface area contributed by atoms with E-state index in [1.807, 2.05) is 17.0 Å². The van der Waals surface area contributed by atoms with E-state index in [0.717, 1.165) is 18.4 Å². The average molecular weight is 373 g/mol. The SMILES string of the molecule is N#Cc1ccccc1OCc1ccc(C(=O)N(Cc2ccncc2)C2CC2)o1. The van der Waals surface area contributed by atoms with Gasteiger partial charge in [0.25, 0.3) is 5.91 Å². The topological polar surface area (TPSA) is 79.4 Å². The van der Waals surface area contributed by atoms with Gasteiger partial charge in [-0.3, -0.25) is 9.78 Å². The van der Waals surface area contributed by atoms with Crippen LogP contribution in [0.2, 0.25) is 0 Å². The smallest absolute Gasteiger partial charge is 0.290 e. The van der Waals surface area contributed by atoms with Gasteiger partial charge in [-0.25, -0.2) is 0 Å². The summed E-state index contributed by atoms with van der Waals surface area (Å²) in [5.74, 6) is 1.21. The van der Waals surface area contributed by atoms with Crippen LogP contribution in [-0.2, 0) is 13.2 Å². The fourth-order valence-electron chi connectivity index (χ4n) is 2.98. The number of nitriles is 1. The molecule has 1 aliphatic carbocycles. The van der Waals surface area contributed by atoms with Gasteiger partial charge < -0.3 is 14.1 Å². The summed E-state index contributed by atoms with van der Waals surface area (Å²) in [6.45, 7) is 0.688. The minimum absolute atomic E-state index is 0.122. The van der Waals surface area contributed by atoms with E-state index < -0.39 is 0 Å². The molecule has 6 nitrogen and oxygen atoms in total. The minimum Gasteiger partial charge on any atom is -0.484 e. The predicted octanol–water partition coefficient (Wildman–Crippen LogP) is 3.93. The average Bonchev–Trinajstić information content (AvgIpc) is 3.48. The van der Waals surface area contributed by atoms with Gasteiger partial charge in [0.1, 0.15) is 24.2 Å². The van der Waals surface area contributed by atoms with Crippen LogP contribution in [0.4, 0.5) is 0 Å². The second-order valence-electron chi connectivity index (χ2n) is 6.68. The van der Waals surface area contributed by atoms with Crippen molar-refractivity contribution in [3.8, 4) is 11.8 Å². The van der Waals surface area contributed by atoms with E-state index in [-0.39, 0.29) is 18.6 Å². The summed E-state index contributed by atoms with van der Waals surface area (Å²) in [6, 6.07) is 16.6. The number of aromatic nitrogens is 1. The molecular weight excluding hydrogens is 354 g/mol. The van der Waals surface area contributed by atoms with Crippen LogP contribution >= 0.6 is 0 Å². The summed E-state index contributed by atoms with van der Waals surface area (Å²) in [6.07, 6.45) is 5.48. The van der Waals surface area contributed by atoms with E-state index in [0.29, 0.717) is 29.4 Å². The van der Waals surface area contributed by atoms with Crippen molar-refractivity contribution >= 4 is 5.91 Å². The van der Waals surface area contributed by atoms with Crippen LogP contribution in [0.15, 0.2) is 65.3 Å². The molecule has 4 rings (SSSR count). The lowest BCUT2D eigenvalue weighted by atomic mass is 10.2. The van der Waals surface area contributed by atoms with Crippen molar-refractivity contribution in [2.75, 3.05) is 0 Å². The first-order valence-electron chi connectivity index (χ1n) is 9.15. The highest BCUT2D eigenvalue weighted by Crippen LogP contribution is 2.30. The first kappa shape index (κ1) is 17.8. The Bertz CT molecular complexity index is 1000. The van der Waals surface area contributed by atoms with Gasteiger partial charge in [0, 0.05) is 25.0 Å². The molecule has 1 saturated carbocycles. The molecule has 0 radical (unpaired) electrons. The third kappa shape index (κ3) is 4.04. The zero-order chi connectivity index (χ0) is 19.3. The molecule has 0 spiro atoms. The molecule has 2 heterocycles. The molecule has 0 bridgehead atoms. The van der Waals surface area contributed by atoms with Gasteiger partial charge in [-0.15, -0.1) is 0 Å². The van der Waals surface area contributed by atoms with Crippen molar-refractivity contribution in [3.05, 3.63) is 83.6 Å². The summed E-state index contributed by atoms with van der Waals surface area (Å²) < 4.78 is 11.4. The highest BCUT2D eigenvalue weighted by atomic mass is 16.5. The quantitative estimate of drug-likeness (QED) is 0.627. The van der Waals surface area contributed by atoms with Crippen molar-refractivity contribution in [1.82, 2.24) is 9.88 Å². The number of ether oxygens (including phenoxy) is 1. The number of rotatable bonds is 7. The maximum Gasteiger partial charge on any atom is 0.290 e.